The quantitative estimate of drug-likeness (QED) is 0.809. The Balaban J connectivity index is 3.26. The van der Waals surface area contributed by atoms with Crippen LogP contribution >= 0.6 is 0 Å². The average molecular weight is 305 g/mol. The van der Waals surface area contributed by atoms with E-state index in [1.807, 2.05) is 6.92 Å². The molecule has 0 bridgehead atoms. The number of hydrogen-bond acceptors (Lipinski definition) is 5. The van der Waals surface area contributed by atoms with Gasteiger partial charge >= 0.3 is 0 Å². The van der Waals surface area contributed by atoms with Crippen LogP contribution in [0.25, 0.3) is 0 Å². The number of hydrogen-bond donors (Lipinski definition) is 1. The molecule has 0 spiro atoms. The number of anilines is 1. The summed E-state index contributed by atoms with van der Waals surface area (Å²) in [5.41, 5.74) is 0.448. The third kappa shape index (κ3) is 4.50. The van der Waals surface area contributed by atoms with E-state index < -0.39 is 19.7 Å². The third-order valence-electron chi connectivity index (χ3n) is 2.63. The van der Waals surface area contributed by atoms with Gasteiger partial charge in [0.15, 0.2) is 19.7 Å². The zero-order valence-electron chi connectivity index (χ0n) is 11.3. The molecule has 0 radical (unpaired) electrons. The first kappa shape index (κ1) is 16.0. The molecule has 5 nitrogen and oxygen atoms in total. The standard InChI is InChI=1S/C12H19NO4S2/c1-4-5-8-13-11-7-6-10(18(2,14)15)9-12(11)19(3,16)17/h6-7,9,13H,4-5,8H2,1-3H3. The first-order valence-electron chi connectivity index (χ1n) is 5.94. The summed E-state index contributed by atoms with van der Waals surface area (Å²) >= 11 is 0. The predicted octanol–water partition coefficient (Wildman–Crippen LogP) is 1.71. The molecule has 108 valence electrons. The summed E-state index contributed by atoms with van der Waals surface area (Å²) in [6.07, 6.45) is 4.03. The monoisotopic (exact) mass is 305 g/mol. The summed E-state index contributed by atoms with van der Waals surface area (Å²) < 4.78 is 46.4. The summed E-state index contributed by atoms with van der Waals surface area (Å²) in [7, 11) is -6.90. The van der Waals surface area contributed by atoms with Crippen molar-refractivity contribution in [3.63, 3.8) is 0 Å². The minimum absolute atomic E-state index is 0.00830. The van der Waals surface area contributed by atoms with Gasteiger partial charge in [-0.15, -0.1) is 0 Å². The minimum Gasteiger partial charge on any atom is -0.384 e. The van der Waals surface area contributed by atoms with Crippen molar-refractivity contribution >= 4 is 25.4 Å². The Labute approximate surface area is 114 Å². The first-order chi connectivity index (χ1) is 8.66. The molecule has 0 unspecified atom stereocenters. The fraction of sp³-hybridized carbons (Fsp3) is 0.500. The van der Waals surface area contributed by atoms with E-state index in [1.165, 1.54) is 18.2 Å². The van der Waals surface area contributed by atoms with Gasteiger partial charge in [-0.25, -0.2) is 16.8 Å². The van der Waals surface area contributed by atoms with Crippen LogP contribution in [0.5, 0.6) is 0 Å². The van der Waals surface area contributed by atoms with E-state index in [1.54, 1.807) is 0 Å². The Kier molecular flexibility index (Phi) is 4.98. The molecule has 1 aromatic carbocycles. The van der Waals surface area contributed by atoms with Crippen LogP contribution < -0.4 is 5.32 Å². The van der Waals surface area contributed by atoms with Crippen molar-refractivity contribution in [3.8, 4) is 0 Å². The minimum atomic E-state index is -3.48. The van der Waals surface area contributed by atoms with Gasteiger partial charge in [-0.05, 0) is 24.6 Å². The van der Waals surface area contributed by atoms with Crippen molar-refractivity contribution in [1.29, 1.82) is 0 Å². The van der Waals surface area contributed by atoms with Crippen molar-refractivity contribution in [3.05, 3.63) is 18.2 Å². The highest BCUT2D eigenvalue weighted by atomic mass is 32.2. The summed E-state index contributed by atoms with van der Waals surface area (Å²) in [5, 5.41) is 3.03. The molecule has 19 heavy (non-hydrogen) atoms. The number of sulfone groups is 2. The molecular formula is C12H19NO4S2. The van der Waals surface area contributed by atoms with Crippen molar-refractivity contribution in [1.82, 2.24) is 0 Å². The molecule has 1 N–H and O–H groups in total. The van der Waals surface area contributed by atoms with E-state index in [2.05, 4.69) is 5.32 Å². The summed E-state index contributed by atoms with van der Waals surface area (Å²) in [5.74, 6) is 0. The van der Waals surface area contributed by atoms with Gasteiger partial charge in [0.25, 0.3) is 0 Å². The maximum absolute atomic E-state index is 11.7. The Morgan fingerprint density at radius 3 is 2.16 bits per heavy atom. The zero-order valence-corrected chi connectivity index (χ0v) is 12.9. The van der Waals surface area contributed by atoms with Crippen molar-refractivity contribution in [2.45, 2.75) is 29.6 Å². The zero-order chi connectivity index (χ0) is 14.7. The van der Waals surface area contributed by atoms with Gasteiger partial charge in [-0.2, -0.15) is 0 Å². The summed E-state index contributed by atoms with van der Waals surface area (Å²) in [6.45, 7) is 2.68. The molecule has 0 aromatic heterocycles. The largest absolute Gasteiger partial charge is 0.384 e. The van der Waals surface area contributed by atoms with Gasteiger partial charge in [0.2, 0.25) is 0 Å². The van der Waals surface area contributed by atoms with E-state index in [9.17, 15) is 16.8 Å². The van der Waals surface area contributed by atoms with Crippen LogP contribution in [-0.2, 0) is 19.7 Å². The number of nitrogens with one attached hydrogen (secondary N) is 1. The van der Waals surface area contributed by atoms with Crippen molar-refractivity contribution in [2.24, 2.45) is 0 Å². The van der Waals surface area contributed by atoms with E-state index in [0.717, 1.165) is 25.4 Å². The lowest BCUT2D eigenvalue weighted by atomic mass is 10.3. The molecule has 0 saturated carbocycles. The lowest BCUT2D eigenvalue weighted by Crippen LogP contribution is -2.09. The molecule has 1 aromatic rings. The smallest absolute Gasteiger partial charge is 0.177 e. The second-order valence-corrected chi connectivity index (χ2v) is 8.48. The average Bonchev–Trinajstić information content (AvgIpc) is 2.27. The van der Waals surface area contributed by atoms with Crippen molar-refractivity contribution in [2.75, 3.05) is 24.4 Å². The topological polar surface area (TPSA) is 80.3 Å². The maximum atomic E-state index is 11.7. The molecule has 7 heteroatoms. The van der Waals surface area contributed by atoms with E-state index in [4.69, 9.17) is 0 Å². The Morgan fingerprint density at radius 2 is 1.68 bits per heavy atom. The van der Waals surface area contributed by atoms with E-state index >= 15 is 0 Å². The third-order valence-corrected chi connectivity index (χ3v) is 4.87. The Bertz CT molecular complexity index is 648. The van der Waals surface area contributed by atoms with Crippen LogP contribution in [0.3, 0.4) is 0 Å². The number of rotatable bonds is 6. The summed E-state index contributed by atoms with van der Waals surface area (Å²) in [6, 6.07) is 4.12. The summed E-state index contributed by atoms with van der Waals surface area (Å²) in [4.78, 5) is 0.0282. The molecule has 0 atom stereocenters. The van der Waals surface area contributed by atoms with Crippen LogP contribution in [0.4, 0.5) is 5.69 Å². The fourth-order valence-corrected chi connectivity index (χ4v) is 3.19. The van der Waals surface area contributed by atoms with Crippen LogP contribution in [0.1, 0.15) is 19.8 Å². The van der Waals surface area contributed by atoms with Crippen LogP contribution in [0.2, 0.25) is 0 Å². The highest BCUT2D eigenvalue weighted by Gasteiger charge is 2.17. The van der Waals surface area contributed by atoms with Crippen molar-refractivity contribution < 1.29 is 16.8 Å². The predicted molar refractivity (Wildman–Crippen MR) is 76.1 cm³/mol. The van der Waals surface area contributed by atoms with Gasteiger partial charge in [0.05, 0.1) is 15.5 Å². The van der Waals surface area contributed by atoms with Crippen LogP contribution in [0.15, 0.2) is 28.0 Å². The molecule has 0 aliphatic heterocycles. The Hall–Kier alpha value is -1.08. The van der Waals surface area contributed by atoms with Crippen LogP contribution in [0, 0.1) is 0 Å². The number of unbranched alkanes of at least 4 members (excludes halogenated alkanes) is 1. The molecule has 0 heterocycles. The Morgan fingerprint density at radius 1 is 1.05 bits per heavy atom. The second-order valence-electron chi connectivity index (χ2n) is 4.48. The van der Waals surface area contributed by atoms with Gasteiger partial charge < -0.3 is 5.32 Å². The first-order valence-corrected chi connectivity index (χ1v) is 9.72. The molecular weight excluding hydrogens is 286 g/mol. The van der Waals surface area contributed by atoms with Gasteiger partial charge in [-0.1, -0.05) is 13.3 Å². The lowest BCUT2D eigenvalue weighted by Gasteiger charge is -2.11. The highest BCUT2D eigenvalue weighted by molar-refractivity contribution is 7.91. The molecule has 0 aliphatic carbocycles. The maximum Gasteiger partial charge on any atom is 0.177 e. The second kappa shape index (κ2) is 5.92. The molecule has 0 saturated heterocycles. The van der Waals surface area contributed by atoms with Crippen LogP contribution in [-0.4, -0.2) is 35.9 Å². The number of benzene rings is 1. The van der Waals surface area contributed by atoms with Gasteiger partial charge in [0, 0.05) is 19.1 Å². The molecule has 0 aliphatic rings. The fourth-order valence-electron chi connectivity index (χ4n) is 1.59. The van der Waals surface area contributed by atoms with E-state index in [0.29, 0.717) is 12.2 Å². The lowest BCUT2D eigenvalue weighted by molar-refractivity contribution is 0.600. The SMILES string of the molecule is CCCCNc1ccc(S(C)(=O)=O)cc1S(C)(=O)=O. The van der Waals surface area contributed by atoms with Gasteiger partial charge in [-0.3, -0.25) is 0 Å². The van der Waals surface area contributed by atoms with E-state index in [-0.39, 0.29) is 9.79 Å². The highest BCUT2D eigenvalue weighted by Crippen LogP contribution is 2.25. The molecule has 0 amide bonds. The molecule has 1 rings (SSSR count). The molecule has 0 fully saturated rings. The normalized spacial score (nSPS) is 12.4. The van der Waals surface area contributed by atoms with Gasteiger partial charge in [0.1, 0.15) is 0 Å².